The highest BCUT2D eigenvalue weighted by Crippen LogP contribution is 2.29. The Balaban J connectivity index is 2.33. The van der Waals surface area contributed by atoms with Crippen molar-refractivity contribution in [3.63, 3.8) is 0 Å². The van der Waals surface area contributed by atoms with Crippen LogP contribution in [0, 0.1) is 11.6 Å². The molecule has 102 valence electrons. The lowest BCUT2D eigenvalue weighted by molar-refractivity contribution is 0.567. The topological polar surface area (TPSA) is 38.9 Å². The number of halogens is 2. The number of benzene rings is 1. The lowest BCUT2D eigenvalue weighted by Gasteiger charge is -2.15. The molecule has 0 fully saturated rings. The molecule has 0 aliphatic heterocycles. The van der Waals surface area contributed by atoms with Gasteiger partial charge in [-0.1, -0.05) is 20.8 Å². The third-order valence-corrected chi connectivity index (χ3v) is 3.73. The number of rotatable bonds is 2. The minimum absolute atomic E-state index is 0.0678. The number of aromatic nitrogens is 1. The molecule has 2 N–H and O–H groups in total. The summed E-state index contributed by atoms with van der Waals surface area (Å²) in [6.45, 7) is 6.16. The molecule has 1 aromatic carbocycles. The van der Waals surface area contributed by atoms with Gasteiger partial charge in [0.2, 0.25) is 0 Å². The minimum Gasteiger partial charge on any atom is -0.318 e. The molecule has 2 aromatic rings. The summed E-state index contributed by atoms with van der Waals surface area (Å²) in [6, 6.07) is 2.71. The molecule has 0 radical (unpaired) electrons. The largest absolute Gasteiger partial charge is 0.318 e. The Morgan fingerprint density at radius 2 is 1.74 bits per heavy atom. The summed E-state index contributed by atoms with van der Waals surface area (Å²) in [7, 11) is 0. The zero-order valence-corrected chi connectivity index (χ0v) is 11.9. The number of nitrogens with zero attached hydrogens (tertiary/aromatic N) is 1. The molecule has 0 spiro atoms. The van der Waals surface area contributed by atoms with Crippen molar-refractivity contribution in [2.75, 3.05) is 0 Å². The fourth-order valence-electron chi connectivity index (χ4n) is 1.67. The van der Waals surface area contributed by atoms with Gasteiger partial charge in [-0.3, -0.25) is 0 Å². The molecule has 1 atom stereocenters. The van der Waals surface area contributed by atoms with Crippen LogP contribution in [0.2, 0.25) is 0 Å². The summed E-state index contributed by atoms with van der Waals surface area (Å²) in [5, 5.41) is 2.60. The van der Waals surface area contributed by atoms with E-state index < -0.39 is 17.7 Å². The second kappa shape index (κ2) is 4.98. The number of hydrogen-bond donors (Lipinski definition) is 1. The fraction of sp³-hybridized carbons (Fsp3) is 0.357. The van der Waals surface area contributed by atoms with E-state index in [1.54, 1.807) is 0 Å². The molecule has 2 rings (SSSR count). The van der Waals surface area contributed by atoms with Crippen LogP contribution in [0.1, 0.15) is 43.1 Å². The van der Waals surface area contributed by atoms with Gasteiger partial charge in [0.15, 0.2) is 0 Å². The van der Waals surface area contributed by atoms with Gasteiger partial charge in [-0.2, -0.15) is 0 Å². The Hall–Kier alpha value is -1.33. The quantitative estimate of drug-likeness (QED) is 0.910. The van der Waals surface area contributed by atoms with Gasteiger partial charge in [0, 0.05) is 16.9 Å². The van der Waals surface area contributed by atoms with Crippen LogP contribution >= 0.6 is 11.3 Å². The Kier molecular flexibility index (Phi) is 3.69. The maximum Gasteiger partial charge on any atom is 0.126 e. The van der Waals surface area contributed by atoms with Crippen LogP contribution in [0.25, 0.3) is 0 Å². The Labute approximate surface area is 115 Å². The molecule has 0 amide bonds. The van der Waals surface area contributed by atoms with Crippen molar-refractivity contribution in [2.24, 2.45) is 5.73 Å². The van der Waals surface area contributed by atoms with Crippen LogP contribution in [-0.4, -0.2) is 4.98 Å². The lowest BCUT2D eigenvalue weighted by Crippen LogP contribution is -2.15. The van der Waals surface area contributed by atoms with E-state index in [0.29, 0.717) is 10.6 Å². The molecule has 1 aromatic heterocycles. The fourth-order valence-corrected chi connectivity index (χ4v) is 2.74. The Morgan fingerprint density at radius 3 is 2.21 bits per heavy atom. The average Bonchev–Trinajstić information content (AvgIpc) is 2.75. The van der Waals surface area contributed by atoms with Crippen LogP contribution in [0.4, 0.5) is 8.78 Å². The molecule has 19 heavy (non-hydrogen) atoms. The van der Waals surface area contributed by atoms with Crippen molar-refractivity contribution in [2.45, 2.75) is 32.2 Å². The predicted octanol–water partition coefficient (Wildman–Crippen LogP) is 3.77. The number of hydrogen-bond acceptors (Lipinski definition) is 3. The Morgan fingerprint density at radius 1 is 1.16 bits per heavy atom. The van der Waals surface area contributed by atoms with Crippen molar-refractivity contribution >= 4 is 11.3 Å². The van der Waals surface area contributed by atoms with Gasteiger partial charge in [0.05, 0.1) is 11.7 Å². The number of thiazole rings is 1. The molecule has 0 saturated carbocycles. The molecule has 0 bridgehead atoms. The molecular weight excluding hydrogens is 266 g/mol. The second-order valence-electron chi connectivity index (χ2n) is 5.50. The third kappa shape index (κ3) is 3.16. The van der Waals surface area contributed by atoms with Crippen molar-refractivity contribution in [3.8, 4) is 0 Å². The SMILES string of the molecule is CC(C)(C)c1csc(C(N)c2cc(F)cc(F)c2)n1. The van der Waals surface area contributed by atoms with Crippen molar-refractivity contribution in [3.05, 3.63) is 51.5 Å². The van der Waals surface area contributed by atoms with Crippen molar-refractivity contribution < 1.29 is 8.78 Å². The summed E-state index contributed by atoms with van der Waals surface area (Å²) in [6.07, 6.45) is 0. The van der Waals surface area contributed by atoms with Crippen LogP contribution in [-0.2, 0) is 5.41 Å². The van der Waals surface area contributed by atoms with Gasteiger partial charge >= 0.3 is 0 Å². The van der Waals surface area contributed by atoms with Crippen molar-refractivity contribution in [1.82, 2.24) is 4.98 Å². The average molecular weight is 282 g/mol. The second-order valence-corrected chi connectivity index (χ2v) is 6.39. The van der Waals surface area contributed by atoms with E-state index >= 15 is 0 Å². The van der Waals surface area contributed by atoms with E-state index in [-0.39, 0.29) is 5.41 Å². The van der Waals surface area contributed by atoms with Gasteiger partial charge in [-0.25, -0.2) is 13.8 Å². The highest BCUT2D eigenvalue weighted by atomic mass is 32.1. The molecule has 0 aliphatic rings. The van der Waals surface area contributed by atoms with E-state index in [2.05, 4.69) is 25.8 Å². The summed E-state index contributed by atoms with van der Waals surface area (Å²) in [5.74, 6) is -1.25. The maximum atomic E-state index is 13.2. The Bertz CT molecular complexity index is 567. The van der Waals surface area contributed by atoms with E-state index in [0.717, 1.165) is 11.8 Å². The van der Waals surface area contributed by atoms with Gasteiger partial charge in [-0.15, -0.1) is 11.3 Å². The van der Waals surface area contributed by atoms with Crippen LogP contribution in [0.15, 0.2) is 23.6 Å². The summed E-state index contributed by atoms with van der Waals surface area (Å²) in [5.41, 5.74) is 7.28. The standard InChI is InChI=1S/C14H16F2N2S/c1-14(2,3)11-7-19-13(18-11)12(17)8-4-9(15)6-10(16)5-8/h4-7,12H,17H2,1-3H3. The molecule has 5 heteroatoms. The minimum atomic E-state index is -0.627. The molecule has 0 saturated heterocycles. The first-order chi connectivity index (χ1) is 8.77. The zero-order valence-electron chi connectivity index (χ0n) is 11.1. The summed E-state index contributed by atoms with van der Waals surface area (Å²) in [4.78, 5) is 4.47. The van der Waals surface area contributed by atoms with Gasteiger partial charge in [-0.05, 0) is 17.7 Å². The highest BCUT2D eigenvalue weighted by Gasteiger charge is 2.21. The summed E-state index contributed by atoms with van der Waals surface area (Å²) < 4.78 is 26.4. The van der Waals surface area contributed by atoms with E-state index in [1.807, 2.05) is 5.38 Å². The zero-order chi connectivity index (χ0) is 14.2. The maximum absolute atomic E-state index is 13.2. The van der Waals surface area contributed by atoms with E-state index in [4.69, 9.17) is 5.73 Å². The van der Waals surface area contributed by atoms with Gasteiger partial charge in [0.25, 0.3) is 0 Å². The van der Waals surface area contributed by atoms with Gasteiger partial charge in [0.1, 0.15) is 16.6 Å². The first kappa shape index (κ1) is 14.1. The first-order valence-corrected chi connectivity index (χ1v) is 6.83. The smallest absolute Gasteiger partial charge is 0.126 e. The monoisotopic (exact) mass is 282 g/mol. The molecule has 1 unspecified atom stereocenters. The third-order valence-electron chi connectivity index (χ3n) is 2.80. The molecular formula is C14H16F2N2S. The predicted molar refractivity (Wildman–Crippen MR) is 73.2 cm³/mol. The van der Waals surface area contributed by atoms with E-state index in [1.165, 1.54) is 23.5 Å². The van der Waals surface area contributed by atoms with Crippen molar-refractivity contribution in [1.29, 1.82) is 0 Å². The number of nitrogens with two attached hydrogens (primary N) is 1. The lowest BCUT2D eigenvalue weighted by atomic mass is 9.93. The molecule has 2 nitrogen and oxygen atoms in total. The van der Waals surface area contributed by atoms with Crippen LogP contribution in [0.3, 0.4) is 0 Å². The summed E-state index contributed by atoms with van der Waals surface area (Å²) >= 11 is 1.41. The highest BCUT2D eigenvalue weighted by molar-refractivity contribution is 7.09. The van der Waals surface area contributed by atoms with E-state index in [9.17, 15) is 8.78 Å². The normalized spacial score (nSPS) is 13.6. The molecule has 0 aliphatic carbocycles. The van der Waals surface area contributed by atoms with Gasteiger partial charge < -0.3 is 5.73 Å². The molecule has 1 heterocycles. The first-order valence-electron chi connectivity index (χ1n) is 5.95. The van der Waals surface area contributed by atoms with Crippen LogP contribution < -0.4 is 5.73 Å². The van der Waals surface area contributed by atoms with Crippen LogP contribution in [0.5, 0.6) is 0 Å².